The Morgan fingerprint density at radius 1 is 0.897 bits per heavy atom. The van der Waals surface area contributed by atoms with Crippen LogP contribution in [0.2, 0.25) is 0 Å². The fourth-order valence-electron chi connectivity index (χ4n) is 4.58. The molecule has 29 heavy (non-hydrogen) atoms. The van der Waals surface area contributed by atoms with E-state index in [0.717, 1.165) is 64.2 Å². The van der Waals surface area contributed by atoms with E-state index in [1.165, 1.54) is 18.2 Å². The van der Waals surface area contributed by atoms with Crippen molar-refractivity contribution < 1.29 is 19.4 Å². The van der Waals surface area contributed by atoms with Gasteiger partial charge in [-0.15, -0.1) is 0 Å². The number of carbonyl (C=O) groups is 1. The van der Waals surface area contributed by atoms with Gasteiger partial charge >= 0.3 is 6.09 Å². The molecule has 0 radical (unpaired) electrons. The maximum Gasteiger partial charge on any atom is 0.410 e. The highest BCUT2D eigenvalue weighted by Crippen LogP contribution is 2.32. The molecule has 1 aromatic carbocycles. The van der Waals surface area contributed by atoms with Gasteiger partial charge in [-0.05, 0) is 31.7 Å². The third-order valence-corrected chi connectivity index (χ3v) is 6.01. The van der Waals surface area contributed by atoms with Crippen LogP contribution in [-0.2, 0) is 11.3 Å². The second kappa shape index (κ2) is 9.67. The van der Waals surface area contributed by atoms with Crippen molar-refractivity contribution in [1.29, 1.82) is 0 Å². The van der Waals surface area contributed by atoms with E-state index < -0.39 is 33.9 Å². The summed E-state index contributed by atoms with van der Waals surface area (Å²) in [6.45, 7) is -0.484. The quantitative estimate of drug-likeness (QED) is 0.480. The van der Waals surface area contributed by atoms with Crippen molar-refractivity contribution in [2.45, 2.75) is 82.9 Å². The summed E-state index contributed by atoms with van der Waals surface area (Å²) in [5, 5.41) is 22.6. The van der Waals surface area contributed by atoms with Crippen molar-refractivity contribution in [3.63, 3.8) is 0 Å². The highest BCUT2D eigenvalue weighted by molar-refractivity contribution is 5.69. The fourth-order valence-corrected chi connectivity index (χ4v) is 4.58. The summed E-state index contributed by atoms with van der Waals surface area (Å²) in [7, 11) is 0. The van der Waals surface area contributed by atoms with E-state index in [4.69, 9.17) is 4.74 Å². The lowest BCUT2D eigenvalue weighted by molar-refractivity contribution is -0.396. The average molecular weight is 405 g/mol. The van der Waals surface area contributed by atoms with Crippen LogP contribution in [0.3, 0.4) is 0 Å². The summed E-state index contributed by atoms with van der Waals surface area (Å²) in [5.41, 5.74) is -0.995. The van der Waals surface area contributed by atoms with Gasteiger partial charge in [-0.25, -0.2) is 4.79 Å². The van der Waals surface area contributed by atoms with E-state index in [0.29, 0.717) is 0 Å². The first-order chi connectivity index (χ1) is 14.0. The zero-order valence-corrected chi connectivity index (χ0v) is 16.5. The number of carbonyl (C=O) groups excluding carboxylic acids is 1. The van der Waals surface area contributed by atoms with Crippen LogP contribution < -0.4 is 0 Å². The zero-order chi connectivity index (χ0) is 20.8. The maximum absolute atomic E-state index is 13.0. The average Bonchev–Trinajstić information content (AvgIpc) is 2.73. The normalized spacial score (nSPS) is 18.2. The van der Waals surface area contributed by atoms with Gasteiger partial charge in [0.05, 0.1) is 9.85 Å². The summed E-state index contributed by atoms with van der Waals surface area (Å²) >= 11 is 0. The third kappa shape index (κ3) is 5.02. The Morgan fingerprint density at radius 2 is 1.34 bits per heavy atom. The predicted octanol–water partition coefficient (Wildman–Crippen LogP) is 5.11. The molecule has 2 fully saturated rings. The Kier molecular flexibility index (Phi) is 7.00. The lowest BCUT2D eigenvalue weighted by Crippen LogP contribution is -2.49. The molecule has 158 valence electrons. The molecule has 0 atom stereocenters. The summed E-state index contributed by atoms with van der Waals surface area (Å²) in [4.78, 5) is 36.1. The maximum atomic E-state index is 13.0. The Bertz CT molecular complexity index is 706. The van der Waals surface area contributed by atoms with Crippen LogP contribution in [-0.4, -0.2) is 32.9 Å². The van der Waals surface area contributed by atoms with E-state index in [1.54, 1.807) is 0 Å². The van der Waals surface area contributed by atoms with Gasteiger partial charge in [0.1, 0.15) is 12.2 Å². The van der Waals surface area contributed by atoms with Crippen molar-refractivity contribution in [1.82, 2.24) is 4.90 Å². The molecular weight excluding hydrogens is 378 g/mol. The van der Waals surface area contributed by atoms with Crippen LogP contribution in [0.1, 0.15) is 69.8 Å². The SMILES string of the molecule is O=C(OCc1c([N+](=O)[O-])cccc1[N+](=O)[O-])N(C1CCCCC1)C1CCCCC1. The van der Waals surface area contributed by atoms with Crippen LogP contribution in [0.4, 0.5) is 16.2 Å². The van der Waals surface area contributed by atoms with Gasteiger partial charge in [-0.3, -0.25) is 20.2 Å². The number of nitrogens with zero attached hydrogens (tertiary/aromatic N) is 3. The minimum atomic E-state index is -0.684. The lowest BCUT2D eigenvalue weighted by atomic mass is 9.89. The molecule has 2 aliphatic carbocycles. The van der Waals surface area contributed by atoms with E-state index in [-0.39, 0.29) is 17.6 Å². The molecule has 0 aromatic heterocycles. The number of hydrogen-bond donors (Lipinski definition) is 0. The molecular formula is C20H27N3O6. The van der Waals surface area contributed by atoms with E-state index in [9.17, 15) is 25.0 Å². The van der Waals surface area contributed by atoms with Gasteiger partial charge in [0.15, 0.2) is 0 Å². The smallest absolute Gasteiger partial charge is 0.410 e. The number of amides is 1. The second-order valence-electron chi connectivity index (χ2n) is 7.83. The van der Waals surface area contributed by atoms with Gasteiger partial charge in [0.2, 0.25) is 0 Å². The Balaban J connectivity index is 1.79. The molecule has 1 aromatic rings. The molecule has 9 nitrogen and oxygen atoms in total. The molecule has 0 saturated heterocycles. The lowest BCUT2D eigenvalue weighted by Gasteiger charge is -2.40. The first kappa shape index (κ1) is 21.0. The largest absolute Gasteiger partial charge is 0.444 e. The molecule has 9 heteroatoms. The number of benzene rings is 1. The van der Waals surface area contributed by atoms with E-state index >= 15 is 0 Å². The summed E-state index contributed by atoms with van der Waals surface area (Å²) < 4.78 is 5.46. The summed E-state index contributed by atoms with van der Waals surface area (Å²) in [6, 6.07) is 3.87. The van der Waals surface area contributed by atoms with Gasteiger partial charge in [-0.1, -0.05) is 38.5 Å². The van der Waals surface area contributed by atoms with Crippen molar-refractivity contribution in [2.75, 3.05) is 0 Å². The van der Waals surface area contributed by atoms with E-state index in [1.807, 2.05) is 4.90 Å². The Labute approximate surface area is 169 Å². The monoisotopic (exact) mass is 405 g/mol. The molecule has 2 saturated carbocycles. The summed E-state index contributed by atoms with van der Waals surface area (Å²) in [5.74, 6) is 0. The topological polar surface area (TPSA) is 116 Å². The zero-order valence-electron chi connectivity index (χ0n) is 16.5. The minimum Gasteiger partial charge on any atom is -0.444 e. The molecule has 0 N–H and O–H groups in total. The van der Waals surface area contributed by atoms with E-state index in [2.05, 4.69) is 0 Å². The highest BCUT2D eigenvalue weighted by atomic mass is 16.6. The fraction of sp³-hybridized carbons (Fsp3) is 0.650. The second-order valence-corrected chi connectivity index (χ2v) is 7.83. The van der Waals surface area contributed by atoms with Crippen molar-refractivity contribution in [3.05, 3.63) is 44.0 Å². The van der Waals surface area contributed by atoms with Crippen LogP contribution in [0.25, 0.3) is 0 Å². The van der Waals surface area contributed by atoms with Gasteiger partial charge in [0.25, 0.3) is 11.4 Å². The molecule has 0 heterocycles. The number of rotatable bonds is 6. The first-order valence-electron chi connectivity index (χ1n) is 10.3. The van der Waals surface area contributed by atoms with Crippen molar-refractivity contribution >= 4 is 17.5 Å². The Morgan fingerprint density at radius 3 is 1.76 bits per heavy atom. The van der Waals surface area contributed by atoms with Crippen LogP contribution in [0.15, 0.2) is 18.2 Å². The molecule has 0 unspecified atom stereocenters. The van der Waals surface area contributed by atoms with Crippen LogP contribution in [0.5, 0.6) is 0 Å². The molecule has 3 rings (SSSR count). The molecule has 0 aliphatic heterocycles. The van der Waals surface area contributed by atoms with Crippen LogP contribution >= 0.6 is 0 Å². The summed E-state index contributed by atoms with van der Waals surface area (Å²) in [6.07, 6.45) is 9.78. The van der Waals surface area contributed by atoms with Crippen molar-refractivity contribution in [2.24, 2.45) is 0 Å². The number of nitro groups is 2. The number of hydrogen-bond acceptors (Lipinski definition) is 6. The predicted molar refractivity (Wildman–Crippen MR) is 106 cm³/mol. The first-order valence-corrected chi connectivity index (χ1v) is 10.3. The minimum absolute atomic E-state index is 0.111. The number of nitro benzene ring substituents is 2. The molecule has 0 bridgehead atoms. The van der Waals surface area contributed by atoms with Gasteiger partial charge in [-0.2, -0.15) is 0 Å². The Hall–Kier alpha value is -2.71. The van der Waals surface area contributed by atoms with Crippen LogP contribution in [0, 0.1) is 20.2 Å². The molecule has 1 amide bonds. The standard InChI is InChI=1S/C20H27N3O6/c24-20(21(15-8-3-1-4-9-15)16-10-5-2-6-11-16)29-14-17-18(22(25)26)12-7-13-19(17)23(27)28/h7,12-13,15-16H,1-6,8-11,14H2. The van der Waals surface area contributed by atoms with Crippen molar-refractivity contribution in [3.8, 4) is 0 Å². The molecule has 2 aliphatic rings. The van der Waals surface area contributed by atoms with Gasteiger partial charge < -0.3 is 9.64 Å². The van der Waals surface area contributed by atoms with Gasteiger partial charge in [0, 0.05) is 24.2 Å². The third-order valence-electron chi connectivity index (χ3n) is 6.01. The highest BCUT2D eigenvalue weighted by Gasteiger charge is 2.34. The number of ether oxygens (including phenoxy) is 1. The molecule has 0 spiro atoms.